The molecule has 2 N–H and O–H groups in total. The van der Waals surface area contributed by atoms with E-state index in [1.165, 1.54) is 0 Å². The second-order valence-electron chi connectivity index (χ2n) is 6.14. The average Bonchev–Trinajstić information content (AvgIpc) is 3.04. The van der Waals surface area contributed by atoms with E-state index in [0.29, 0.717) is 18.6 Å². The number of carboxylic acid groups (broad SMARTS) is 2. The lowest BCUT2D eigenvalue weighted by molar-refractivity contribution is -0.139. The maximum absolute atomic E-state index is 12.1. The molecule has 0 aromatic rings. The number of aliphatic carboxylic acids is 2. The number of hydrogen-bond donors (Lipinski definition) is 2. The Balaban J connectivity index is 0.000000387. The van der Waals surface area contributed by atoms with Crippen LogP contribution in [0.3, 0.4) is 0 Å². The van der Waals surface area contributed by atoms with E-state index in [9.17, 15) is 19.2 Å². The van der Waals surface area contributed by atoms with Crippen LogP contribution in [0.5, 0.6) is 0 Å². The summed E-state index contributed by atoms with van der Waals surface area (Å²) >= 11 is 1.86. The molecule has 10 heteroatoms. The number of piperazine rings is 1. The van der Waals surface area contributed by atoms with Crippen molar-refractivity contribution in [1.29, 1.82) is 0 Å². The van der Waals surface area contributed by atoms with Crippen LogP contribution in [-0.2, 0) is 19.2 Å². The first-order valence-corrected chi connectivity index (χ1v) is 10.1. The van der Waals surface area contributed by atoms with Gasteiger partial charge < -0.3 is 20.0 Å². The molecule has 0 spiro atoms. The molecule has 0 aromatic heterocycles. The molecule has 152 valence electrons. The number of carboxylic acids is 2. The number of carbonyl (C=O) groups excluding carboxylic acids is 2. The Hall–Kier alpha value is -2.07. The number of rotatable bonds is 7. The summed E-state index contributed by atoms with van der Waals surface area (Å²) in [5.74, 6) is -1.12. The molecular weight excluding hydrogens is 374 g/mol. The van der Waals surface area contributed by atoms with Gasteiger partial charge in [0.2, 0.25) is 11.8 Å². The van der Waals surface area contributed by atoms with Crippen LogP contribution in [0.4, 0.5) is 0 Å². The first kappa shape index (κ1) is 23.0. The summed E-state index contributed by atoms with van der Waals surface area (Å²) in [7, 11) is 0. The minimum absolute atomic E-state index is 0.111. The molecule has 2 saturated heterocycles. The van der Waals surface area contributed by atoms with Crippen molar-refractivity contribution in [2.24, 2.45) is 0 Å². The number of amides is 2. The summed E-state index contributed by atoms with van der Waals surface area (Å²) in [4.78, 5) is 48.7. The van der Waals surface area contributed by atoms with Crippen molar-refractivity contribution < 1.29 is 29.4 Å². The molecule has 2 heterocycles. The van der Waals surface area contributed by atoms with Crippen molar-refractivity contribution in [2.75, 3.05) is 57.8 Å². The minimum atomic E-state index is -1.26. The van der Waals surface area contributed by atoms with Crippen molar-refractivity contribution in [1.82, 2.24) is 14.7 Å². The summed E-state index contributed by atoms with van der Waals surface area (Å²) in [6.45, 7) is 5.65. The van der Waals surface area contributed by atoms with Crippen LogP contribution >= 0.6 is 11.8 Å². The number of nitrogens with zero attached hydrogens (tertiary/aromatic N) is 3. The SMILES string of the molecule is CSCCN1CCN(C(=O)CN2CCCC2=O)CC1.O=C(O)C=CC(=O)O. The lowest BCUT2D eigenvalue weighted by atomic mass is 10.3. The molecule has 2 rings (SSSR count). The maximum atomic E-state index is 12.1. The number of hydrogen-bond acceptors (Lipinski definition) is 6. The molecule has 0 saturated carbocycles. The zero-order valence-corrected chi connectivity index (χ0v) is 16.3. The van der Waals surface area contributed by atoms with E-state index >= 15 is 0 Å². The Labute approximate surface area is 163 Å². The molecule has 2 aliphatic heterocycles. The topological polar surface area (TPSA) is 118 Å². The fourth-order valence-electron chi connectivity index (χ4n) is 2.72. The zero-order chi connectivity index (χ0) is 20.2. The maximum Gasteiger partial charge on any atom is 0.328 e. The van der Waals surface area contributed by atoms with Crippen molar-refractivity contribution in [3.05, 3.63) is 12.2 Å². The molecule has 0 atom stereocenters. The van der Waals surface area contributed by atoms with Crippen LogP contribution < -0.4 is 0 Å². The smallest absolute Gasteiger partial charge is 0.328 e. The zero-order valence-electron chi connectivity index (χ0n) is 15.5. The van der Waals surface area contributed by atoms with E-state index in [-0.39, 0.29) is 18.4 Å². The van der Waals surface area contributed by atoms with E-state index in [4.69, 9.17) is 10.2 Å². The quantitative estimate of drug-likeness (QED) is 0.565. The highest BCUT2D eigenvalue weighted by atomic mass is 32.2. The third-order valence-electron chi connectivity index (χ3n) is 4.20. The van der Waals surface area contributed by atoms with Crippen LogP contribution in [0.25, 0.3) is 0 Å². The van der Waals surface area contributed by atoms with Crippen LogP contribution in [0, 0.1) is 0 Å². The predicted molar refractivity (Wildman–Crippen MR) is 102 cm³/mol. The normalized spacial score (nSPS) is 17.7. The molecule has 9 nitrogen and oxygen atoms in total. The molecule has 2 aliphatic rings. The van der Waals surface area contributed by atoms with E-state index < -0.39 is 11.9 Å². The van der Waals surface area contributed by atoms with Gasteiger partial charge in [0.25, 0.3) is 0 Å². The molecule has 0 bridgehead atoms. The van der Waals surface area contributed by atoms with Crippen molar-refractivity contribution in [2.45, 2.75) is 12.8 Å². The third kappa shape index (κ3) is 9.43. The third-order valence-corrected chi connectivity index (χ3v) is 4.79. The lowest BCUT2D eigenvalue weighted by Crippen LogP contribution is -2.51. The van der Waals surface area contributed by atoms with E-state index in [1.54, 1.807) is 4.90 Å². The molecule has 27 heavy (non-hydrogen) atoms. The number of thioether (sulfide) groups is 1. The van der Waals surface area contributed by atoms with Crippen LogP contribution in [0.1, 0.15) is 12.8 Å². The van der Waals surface area contributed by atoms with Gasteiger partial charge in [-0.3, -0.25) is 14.5 Å². The summed E-state index contributed by atoms with van der Waals surface area (Å²) in [5, 5.41) is 15.6. The second-order valence-corrected chi connectivity index (χ2v) is 7.13. The van der Waals surface area contributed by atoms with Gasteiger partial charge in [0.05, 0.1) is 6.54 Å². The van der Waals surface area contributed by atoms with Gasteiger partial charge in [-0.05, 0) is 12.7 Å². The van der Waals surface area contributed by atoms with Crippen LogP contribution in [-0.4, -0.2) is 106 Å². The van der Waals surface area contributed by atoms with Gasteiger partial charge in [-0.2, -0.15) is 11.8 Å². The monoisotopic (exact) mass is 401 g/mol. The van der Waals surface area contributed by atoms with E-state index in [2.05, 4.69) is 11.2 Å². The van der Waals surface area contributed by atoms with Gasteiger partial charge in [-0.1, -0.05) is 0 Å². The lowest BCUT2D eigenvalue weighted by Gasteiger charge is -2.35. The largest absolute Gasteiger partial charge is 0.478 e. The van der Waals surface area contributed by atoms with Gasteiger partial charge >= 0.3 is 11.9 Å². The minimum Gasteiger partial charge on any atom is -0.478 e. The van der Waals surface area contributed by atoms with Gasteiger partial charge in [0.1, 0.15) is 0 Å². The molecule has 0 unspecified atom stereocenters. The fourth-order valence-corrected chi connectivity index (χ4v) is 3.16. The van der Waals surface area contributed by atoms with Crippen molar-refractivity contribution >= 4 is 35.5 Å². The Morgan fingerprint density at radius 3 is 2.07 bits per heavy atom. The average molecular weight is 401 g/mol. The number of carbonyl (C=O) groups is 4. The first-order chi connectivity index (χ1) is 12.8. The fraction of sp³-hybridized carbons (Fsp3) is 0.647. The summed E-state index contributed by atoms with van der Waals surface area (Å²) in [5.41, 5.74) is 0. The number of likely N-dealkylation sites (tertiary alicyclic amines) is 1. The van der Waals surface area contributed by atoms with Gasteiger partial charge in [0, 0.05) is 63.6 Å². The predicted octanol–water partition coefficient (Wildman–Crippen LogP) is -0.172. The first-order valence-electron chi connectivity index (χ1n) is 8.74. The molecule has 2 amide bonds. The van der Waals surface area contributed by atoms with E-state index in [0.717, 1.165) is 51.4 Å². The summed E-state index contributed by atoms with van der Waals surface area (Å²) in [6, 6.07) is 0. The molecule has 0 aliphatic carbocycles. The highest BCUT2D eigenvalue weighted by Gasteiger charge is 2.26. The highest BCUT2D eigenvalue weighted by Crippen LogP contribution is 2.10. The van der Waals surface area contributed by atoms with Gasteiger partial charge in [-0.15, -0.1) is 0 Å². The van der Waals surface area contributed by atoms with Crippen LogP contribution in [0.15, 0.2) is 12.2 Å². The Kier molecular flexibility index (Phi) is 10.5. The van der Waals surface area contributed by atoms with Gasteiger partial charge in [-0.25, -0.2) is 9.59 Å². The Morgan fingerprint density at radius 2 is 1.63 bits per heavy atom. The molecule has 0 radical (unpaired) electrons. The highest BCUT2D eigenvalue weighted by molar-refractivity contribution is 7.98. The van der Waals surface area contributed by atoms with Gasteiger partial charge in [0.15, 0.2) is 0 Å². The summed E-state index contributed by atoms with van der Waals surface area (Å²) in [6.07, 6.45) is 4.74. The molecule has 2 fully saturated rings. The standard InChI is InChI=1S/C13H23N3O2S.C4H4O4/c1-19-10-9-14-5-7-15(8-6-14)13(18)11-16-4-2-3-12(16)17;5-3(6)1-2-4(7)8/h2-11H2,1H3;1-2H,(H,5,6)(H,7,8). The summed E-state index contributed by atoms with van der Waals surface area (Å²) < 4.78 is 0. The van der Waals surface area contributed by atoms with E-state index in [1.807, 2.05) is 16.7 Å². The Bertz CT molecular complexity index is 545. The second kappa shape index (κ2) is 12.3. The van der Waals surface area contributed by atoms with Crippen LogP contribution in [0.2, 0.25) is 0 Å². The Morgan fingerprint density at radius 1 is 1.04 bits per heavy atom. The van der Waals surface area contributed by atoms with Crippen molar-refractivity contribution in [3.8, 4) is 0 Å². The molecule has 0 aromatic carbocycles. The molecular formula is C17H27N3O6S. The van der Waals surface area contributed by atoms with Crippen molar-refractivity contribution in [3.63, 3.8) is 0 Å².